The van der Waals surface area contributed by atoms with Gasteiger partial charge in [0.2, 0.25) is 0 Å². The molecule has 1 rings (SSSR count). The summed E-state index contributed by atoms with van der Waals surface area (Å²) < 4.78 is 0. The van der Waals surface area contributed by atoms with Gasteiger partial charge in [0.25, 0.3) is 5.24 Å². The predicted octanol–water partition coefficient (Wildman–Crippen LogP) is 0.331. The lowest BCUT2D eigenvalue weighted by atomic mass is 10.4. The van der Waals surface area contributed by atoms with Crippen molar-refractivity contribution in [3.8, 4) is 0 Å². The van der Waals surface area contributed by atoms with Crippen LogP contribution in [0.2, 0.25) is 0 Å². The van der Waals surface area contributed by atoms with Gasteiger partial charge in [-0.1, -0.05) is 12.6 Å². The molecule has 1 N–H and O–H groups in total. The highest BCUT2D eigenvalue weighted by atomic mass is 32.1. The number of carbonyl (C=O) groups is 1. The Morgan fingerprint density at radius 3 is 2.90 bits per heavy atom. The molecule has 1 aliphatic heterocycles. The molecular weight excluding hydrogens is 148 g/mol. The predicted molar refractivity (Wildman–Crippen MR) is 43.4 cm³/mol. The minimum Gasteiger partial charge on any atom is -0.332 e. The molecule has 1 heterocycles. The third-order valence-electron chi connectivity index (χ3n) is 1.61. The summed E-state index contributed by atoms with van der Waals surface area (Å²) in [5.74, 6) is 0. The van der Waals surface area contributed by atoms with Gasteiger partial charge in [-0.05, 0) is 13.0 Å². The zero-order chi connectivity index (χ0) is 7.40. The molecule has 0 radical (unpaired) electrons. The highest BCUT2D eigenvalue weighted by Gasteiger charge is 2.10. The maximum Gasteiger partial charge on any atom is 0.278 e. The van der Waals surface area contributed by atoms with Gasteiger partial charge in [-0.15, -0.1) is 0 Å². The normalized spacial score (nSPS) is 20.3. The van der Waals surface area contributed by atoms with Crippen LogP contribution in [0.5, 0.6) is 0 Å². The lowest BCUT2D eigenvalue weighted by Gasteiger charge is -2.15. The number of hydrogen-bond donors (Lipinski definition) is 2. The van der Waals surface area contributed by atoms with Gasteiger partial charge >= 0.3 is 0 Å². The zero-order valence-electron chi connectivity index (χ0n) is 5.84. The highest BCUT2D eigenvalue weighted by molar-refractivity contribution is 7.96. The van der Waals surface area contributed by atoms with Crippen molar-refractivity contribution in [1.29, 1.82) is 0 Å². The third kappa shape index (κ3) is 2.19. The molecule has 0 aromatic rings. The second kappa shape index (κ2) is 3.83. The quantitative estimate of drug-likeness (QED) is 0.501. The monoisotopic (exact) mass is 160 g/mol. The van der Waals surface area contributed by atoms with E-state index < -0.39 is 0 Å². The molecule has 1 aliphatic rings. The molecule has 0 spiro atoms. The largest absolute Gasteiger partial charge is 0.332 e. The molecule has 1 saturated heterocycles. The number of amides is 1. The zero-order valence-corrected chi connectivity index (χ0v) is 6.73. The second-order valence-electron chi connectivity index (χ2n) is 2.37. The molecule has 0 aliphatic carbocycles. The summed E-state index contributed by atoms with van der Waals surface area (Å²) in [4.78, 5) is 12.5. The Hall–Kier alpha value is -0.220. The molecule has 10 heavy (non-hydrogen) atoms. The van der Waals surface area contributed by atoms with Crippen molar-refractivity contribution in [2.75, 3.05) is 26.2 Å². The van der Waals surface area contributed by atoms with Crippen LogP contribution in [0.4, 0.5) is 4.79 Å². The summed E-state index contributed by atoms with van der Waals surface area (Å²) in [5, 5.41) is 3.10. The van der Waals surface area contributed by atoms with E-state index in [9.17, 15) is 4.79 Å². The van der Waals surface area contributed by atoms with Crippen LogP contribution >= 0.6 is 12.6 Å². The number of nitrogens with one attached hydrogen (secondary N) is 1. The molecule has 0 aromatic carbocycles. The van der Waals surface area contributed by atoms with Crippen LogP contribution in [-0.4, -0.2) is 36.3 Å². The molecular formula is C6H12N2OS. The second-order valence-corrected chi connectivity index (χ2v) is 2.76. The van der Waals surface area contributed by atoms with Gasteiger partial charge in [0.1, 0.15) is 0 Å². The summed E-state index contributed by atoms with van der Waals surface area (Å²) in [7, 11) is 0. The minimum atomic E-state index is -0.108. The summed E-state index contributed by atoms with van der Waals surface area (Å²) in [6.45, 7) is 3.54. The fourth-order valence-electron chi connectivity index (χ4n) is 1.04. The number of nitrogens with zero attached hydrogens (tertiary/aromatic N) is 1. The first kappa shape index (κ1) is 7.88. The van der Waals surface area contributed by atoms with E-state index in [4.69, 9.17) is 0 Å². The van der Waals surface area contributed by atoms with Crippen molar-refractivity contribution >= 4 is 17.9 Å². The van der Waals surface area contributed by atoms with Gasteiger partial charge < -0.3 is 10.2 Å². The fraction of sp³-hybridized carbons (Fsp3) is 0.833. The van der Waals surface area contributed by atoms with Crippen LogP contribution in [0.1, 0.15) is 6.42 Å². The third-order valence-corrected chi connectivity index (χ3v) is 1.89. The Morgan fingerprint density at radius 1 is 1.40 bits per heavy atom. The lowest BCUT2D eigenvalue weighted by Crippen LogP contribution is -2.30. The van der Waals surface area contributed by atoms with Crippen LogP contribution in [0.3, 0.4) is 0 Å². The Morgan fingerprint density at radius 2 is 2.20 bits per heavy atom. The smallest absolute Gasteiger partial charge is 0.278 e. The average molecular weight is 160 g/mol. The summed E-state index contributed by atoms with van der Waals surface area (Å²) in [5.41, 5.74) is 0. The van der Waals surface area contributed by atoms with E-state index in [2.05, 4.69) is 17.9 Å². The summed E-state index contributed by atoms with van der Waals surface area (Å²) in [6.07, 6.45) is 1.03. The van der Waals surface area contributed by atoms with Gasteiger partial charge in [-0.25, -0.2) is 0 Å². The first-order valence-electron chi connectivity index (χ1n) is 3.49. The van der Waals surface area contributed by atoms with Crippen LogP contribution in [0.25, 0.3) is 0 Å². The lowest BCUT2D eigenvalue weighted by molar-refractivity contribution is 0.227. The Bertz CT molecular complexity index is 121. The summed E-state index contributed by atoms with van der Waals surface area (Å²) in [6, 6.07) is 0. The fourth-order valence-corrected chi connectivity index (χ4v) is 1.24. The highest BCUT2D eigenvalue weighted by Crippen LogP contribution is 1.98. The van der Waals surface area contributed by atoms with Crippen LogP contribution in [0.15, 0.2) is 0 Å². The van der Waals surface area contributed by atoms with E-state index in [1.165, 1.54) is 0 Å². The molecule has 0 bridgehead atoms. The molecule has 0 saturated carbocycles. The maximum absolute atomic E-state index is 10.7. The first-order valence-corrected chi connectivity index (χ1v) is 3.94. The van der Waals surface area contributed by atoms with E-state index in [1.54, 1.807) is 4.90 Å². The van der Waals surface area contributed by atoms with Gasteiger partial charge in [0.05, 0.1) is 0 Å². The average Bonchev–Trinajstić information content (AvgIpc) is 2.12. The SMILES string of the molecule is O=C(S)N1CCCNCC1. The van der Waals surface area contributed by atoms with Gasteiger partial charge in [-0.3, -0.25) is 4.79 Å². The topological polar surface area (TPSA) is 32.3 Å². The van der Waals surface area contributed by atoms with Gasteiger partial charge in [-0.2, -0.15) is 0 Å². The molecule has 0 atom stereocenters. The Balaban J connectivity index is 2.35. The number of thiol groups is 1. The van der Waals surface area contributed by atoms with Crippen molar-refractivity contribution in [1.82, 2.24) is 10.2 Å². The number of rotatable bonds is 0. The van der Waals surface area contributed by atoms with Crippen LogP contribution in [0, 0.1) is 0 Å². The molecule has 0 aromatic heterocycles. The van der Waals surface area contributed by atoms with Crippen LogP contribution < -0.4 is 5.32 Å². The molecule has 1 fully saturated rings. The minimum absolute atomic E-state index is 0.108. The number of hydrogen-bond acceptors (Lipinski definition) is 2. The Kier molecular flexibility index (Phi) is 3.02. The molecule has 0 unspecified atom stereocenters. The number of carbonyl (C=O) groups excluding carboxylic acids is 1. The van der Waals surface area contributed by atoms with Crippen molar-refractivity contribution in [2.45, 2.75) is 6.42 Å². The van der Waals surface area contributed by atoms with Gasteiger partial charge in [0, 0.05) is 19.6 Å². The first-order chi connectivity index (χ1) is 4.80. The Labute approximate surface area is 66.2 Å². The van der Waals surface area contributed by atoms with Crippen molar-refractivity contribution in [3.63, 3.8) is 0 Å². The van der Waals surface area contributed by atoms with Crippen molar-refractivity contribution in [2.24, 2.45) is 0 Å². The van der Waals surface area contributed by atoms with Crippen molar-refractivity contribution < 1.29 is 4.79 Å². The standard InChI is InChI=1S/C6H12N2OS/c9-6(10)8-4-1-2-7-3-5-8/h7H,1-5H2,(H,9,10). The van der Waals surface area contributed by atoms with E-state index in [0.29, 0.717) is 0 Å². The summed E-state index contributed by atoms with van der Waals surface area (Å²) >= 11 is 3.75. The van der Waals surface area contributed by atoms with Crippen LogP contribution in [-0.2, 0) is 0 Å². The van der Waals surface area contributed by atoms with E-state index in [1.807, 2.05) is 0 Å². The van der Waals surface area contributed by atoms with E-state index in [-0.39, 0.29) is 5.24 Å². The molecule has 3 nitrogen and oxygen atoms in total. The molecule has 1 amide bonds. The maximum atomic E-state index is 10.7. The molecule has 4 heteroatoms. The van der Waals surface area contributed by atoms with Crippen molar-refractivity contribution in [3.05, 3.63) is 0 Å². The van der Waals surface area contributed by atoms with E-state index >= 15 is 0 Å². The van der Waals surface area contributed by atoms with Gasteiger partial charge in [0.15, 0.2) is 0 Å². The molecule has 58 valence electrons. The van der Waals surface area contributed by atoms with E-state index in [0.717, 1.165) is 32.6 Å².